The molecule has 1 aliphatic rings. The summed E-state index contributed by atoms with van der Waals surface area (Å²) in [7, 11) is 0. The monoisotopic (exact) mass is 209 g/mol. The van der Waals surface area contributed by atoms with Gasteiger partial charge in [-0.25, -0.2) is 0 Å². The molecule has 0 aromatic heterocycles. The number of hydrogen-bond acceptors (Lipinski definition) is 2. The minimum atomic E-state index is 0.0459. The van der Waals surface area contributed by atoms with Gasteiger partial charge in [0.05, 0.1) is 12.0 Å². The van der Waals surface area contributed by atoms with Crippen molar-refractivity contribution >= 4 is 5.91 Å². The van der Waals surface area contributed by atoms with Gasteiger partial charge in [0.2, 0.25) is 5.91 Å². The molecule has 0 bridgehead atoms. The van der Waals surface area contributed by atoms with E-state index in [2.05, 4.69) is 24.1 Å². The zero-order chi connectivity index (χ0) is 11.1. The van der Waals surface area contributed by atoms with Gasteiger partial charge in [-0.05, 0) is 19.8 Å². The predicted octanol–water partition coefficient (Wildman–Crippen LogP) is 1.33. The first kappa shape index (κ1) is 12.1. The van der Waals surface area contributed by atoms with Crippen LogP contribution in [-0.4, -0.2) is 25.2 Å². The zero-order valence-corrected chi connectivity index (χ0v) is 9.51. The van der Waals surface area contributed by atoms with Gasteiger partial charge in [0.1, 0.15) is 0 Å². The number of amides is 1. The second kappa shape index (κ2) is 6.47. The Bertz CT molecular complexity index is 265. The Morgan fingerprint density at radius 3 is 3.07 bits per heavy atom. The molecule has 0 aliphatic carbocycles. The summed E-state index contributed by atoms with van der Waals surface area (Å²) in [5.74, 6) is 5.90. The van der Waals surface area contributed by atoms with E-state index in [0.717, 1.165) is 19.3 Å². The van der Waals surface area contributed by atoms with E-state index in [1.165, 1.54) is 0 Å². The van der Waals surface area contributed by atoms with Crippen molar-refractivity contribution in [3.8, 4) is 11.8 Å². The van der Waals surface area contributed by atoms with Gasteiger partial charge < -0.3 is 10.1 Å². The number of nitrogens with one attached hydrogen (secondary N) is 1. The van der Waals surface area contributed by atoms with Crippen molar-refractivity contribution in [1.82, 2.24) is 5.32 Å². The van der Waals surface area contributed by atoms with Gasteiger partial charge in [-0.2, -0.15) is 0 Å². The Labute approximate surface area is 91.6 Å². The number of carbonyl (C=O) groups is 1. The zero-order valence-electron chi connectivity index (χ0n) is 9.51. The van der Waals surface area contributed by atoms with Crippen molar-refractivity contribution in [1.29, 1.82) is 0 Å². The van der Waals surface area contributed by atoms with Crippen molar-refractivity contribution in [3.05, 3.63) is 0 Å². The highest BCUT2D eigenvalue weighted by molar-refractivity contribution is 5.79. The molecule has 1 heterocycles. The first-order valence-electron chi connectivity index (χ1n) is 5.58. The summed E-state index contributed by atoms with van der Waals surface area (Å²) in [6, 6.07) is 0. The summed E-state index contributed by atoms with van der Waals surface area (Å²) in [6.07, 6.45) is 2.60. The maximum atomic E-state index is 11.7. The lowest BCUT2D eigenvalue weighted by Crippen LogP contribution is -2.35. The van der Waals surface area contributed by atoms with Gasteiger partial charge in [-0.15, -0.1) is 11.8 Å². The topological polar surface area (TPSA) is 38.3 Å². The van der Waals surface area contributed by atoms with E-state index in [1.54, 1.807) is 6.92 Å². The third-order valence-electron chi connectivity index (χ3n) is 2.67. The molecule has 1 saturated heterocycles. The molecule has 1 N–H and O–H groups in total. The second-order valence-electron chi connectivity index (χ2n) is 3.68. The van der Waals surface area contributed by atoms with Crippen molar-refractivity contribution in [2.24, 2.45) is 5.92 Å². The molecule has 84 valence electrons. The molecule has 0 spiro atoms. The highest BCUT2D eigenvalue weighted by atomic mass is 16.5. The minimum Gasteiger partial charge on any atom is -0.377 e. The third kappa shape index (κ3) is 3.56. The van der Waals surface area contributed by atoms with Crippen LogP contribution in [0.2, 0.25) is 0 Å². The molecule has 3 nitrogen and oxygen atoms in total. The van der Waals surface area contributed by atoms with E-state index in [1.807, 2.05) is 0 Å². The number of carbonyl (C=O) groups excluding carboxylic acids is 1. The van der Waals surface area contributed by atoms with E-state index in [-0.39, 0.29) is 17.9 Å². The fourth-order valence-corrected chi connectivity index (χ4v) is 1.86. The van der Waals surface area contributed by atoms with Crippen LogP contribution in [0.1, 0.15) is 33.1 Å². The van der Waals surface area contributed by atoms with Crippen LogP contribution in [0.5, 0.6) is 0 Å². The maximum Gasteiger partial charge on any atom is 0.225 e. The van der Waals surface area contributed by atoms with Crippen LogP contribution in [-0.2, 0) is 9.53 Å². The van der Waals surface area contributed by atoms with Crippen LogP contribution in [0.4, 0.5) is 0 Å². The molecule has 1 rings (SSSR count). The first-order chi connectivity index (χ1) is 7.29. The molecule has 2 unspecified atom stereocenters. The minimum absolute atomic E-state index is 0.0459. The van der Waals surface area contributed by atoms with Gasteiger partial charge in [0, 0.05) is 19.6 Å². The lowest BCUT2D eigenvalue weighted by Gasteiger charge is -2.15. The van der Waals surface area contributed by atoms with Gasteiger partial charge in [0.25, 0.3) is 0 Å². The van der Waals surface area contributed by atoms with Gasteiger partial charge in [0.15, 0.2) is 0 Å². The van der Waals surface area contributed by atoms with E-state index < -0.39 is 0 Å². The Balaban J connectivity index is 2.28. The third-order valence-corrected chi connectivity index (χ3v) is 2.67. The quantitative estimate of drug-likeness (QED) is 0.560. The van der Waals surface area contributed by atoms with Crippen molar-refractivity contribution in [3.63, 3.8) is 0 Å². The summed E-state index contributed by atoms with van der Waals surface area (Å²) in [5.41, 5.74) is 0. The molecule has 0 saturated carbocycles. The lowest BCUT2D eigenvalue weighted by molar-refractivity contribution is -0.126. The van der Waals surface area contributed by atoms with Crippen LogP contribution in [0.15, 0.2) is 0 Å². The predicted molar refractivity (Wildman–Crippen MR) is 59.2 cm³/mol. The molecular weight excluding hydrogens is 190 g/mol. The van der Waals surface area contributed by atoms with E-state index in [4.69, 9.17) is 4.74 Å². The van der Waals surface area contributed by atoms with Crippen LogP contribution in [0.3, 0.4) is 0 Å². The number of ether oxygens (including phenoxy) is 1. The molecule has 3 heteroatoms. The molecule has 0 radical (unpaired) electrons. The molecule has 0 aromatic rings. The van der Waals surface area contributed by atoms with Crippen LogP contribution >= 0.6 is 0 Å². The highest BCUT2D eigenvalue weighted by Gasteiger charge is 2.32. The molecule has 1 amide bonds. The normalized spacial score (nSPS) is 24.4. The molecule has 2 atom stereocenters. The van der Waals surface area contributed by atoms with Crippen LogP contribution in [0.25, 0.3) is 0 Å². The van der Waals surface area contributed by atoms with Crippen molar-refractivity contribution < 1.29 is 9.53 Å². The van der Waals surface area contributed by atoms with Crippen LogP contribution < -0.4 is 5.32 Å². The maximum absolute atomic E-state index is 11.7. The largest absolute Gasteiger partial charge is 0.377 e. The second-order valence-corrected chi connectivity index (χ2v) is 3.68. The Hall–Kier alpha value is -1.01. The van der Waals surface area contributed by atoms with Gasteiger partial charge >= 0.3 is 0 Å². The molecular formula is C12H19NO2. The summed E-state index contributed by atoms with van der Waals surface area (Å²) in [6.45, 7) is 5.22. The van der Waals surface area contributed by atoms with Gasteiger partial charge in [-0.1, -0.05) is 6.92 Å². The van der Waals surface area contributed by atoms with Crippen LogP contribution in [0, 0.1) is 17.8 Å². The fourth-order valence-electron chi connectivity index (χ4n) is 1.86. The summed E-state index contributed by atoms with van der Waals surface area (Å²) in [4.78, 5) is 11.7. The molecule has 1 aliphatic heterocycles. The summed E-state index contributed by atoms with van der Waals surface area (Å²) < 4.78 is 5.47. The molecule has 0 aromatic carbocycles. The standard InChI is InChI=1S/C12H19NO2/c1-3-5-6-8-13-12(14)10-7-9-15-11(10)4-2/h10-11H,4,6-9H2,1-2H3,(H,13,14). The average molecular weight is 209 g/mol. The first-order valence-corrected chi connectivity index (χ1v) is 5.58. The molecule has 15 heavy (non-hydrogen) atoms. The fraction of sp³-hybridized carbons (Fsp3) is 0.750. The number of rotatable bonds is 4. The summed E-state index contributed by atoms with van der Waals surface area (Å²) >= 11 is 0. The average Bonchev–Trinajstić information content (AvgIpc) is 2.72. The highest BCUT2D eigenvalue weighted by Crippen LogP contribution is 2.23. The van der Waals surface area contributed by atoms with E-state index >= 15 is 0 Å². The smallest absolute Gasteiger partial charge is 0.225 e. The Kier molecular flexibility index (Phi) is 5.20. The van der Waals surface area contributed by atoms with E-state index in [0.29, 0.717) is 13.2 Å². The van der Waals surface area contributed by atoms with E-state index in [9.17, 15) is 4.79 Å². The van der Waals surface area contributed by atoms with Gasteiger partial charge in [-0.3, -0.25) is 4.79 Å². The number of hydrogen-bond donors (Lipinski definition) is 1. The van der Waals surface area contributed by atoms with Crippen molar-refractivity contribution in [2.75, 3.05) is 13.2 Å². The Morgan fingerprint density at radius 1 is 1.60 bits per heavy atom. The lowest BCUT2D eigenvalue weighted by atomic mass is 9.99. The van der Waals surface area contributed by atoms with Crippen molar-refractivity contribution in [2.45, 2.75) is 39.2 Å². The Morgan fingerprint density at radius 2 is 2.40 bits per heavy atom. The summed E-state index contributed by atoms with van der Waals surface area (Å²) in [5, 5.41) is 2.90. The molecule has 1 fully saturated rings. The SMILES string of the molecule is CC#CCCNC(=O)C1CCOC1CC.